The molecule has 1 aliphatic carbocycles. The van der Waals surface area contributed by atoms with Crippen molar-refractivity contribution in [3.63, 3.8) is 0 Å². The fourth-order valence-electron chi connectivity index (χ4n) is 2.94. The lowest BCUT2D eigenvalue weighted by Gasteiger charge is -2.22. The third-order valence-electron chi connectivity index (χ3n) is 3.94. The van der Waals surface area contributed by atoms with Gasteiger partial charge in [0.2, 0.25) is 0 Å². The zero-order valence-corrected chi connectivity index (χ0v) is 10.9. The lowest BCUT2D eigenvalue weighted by atomic mass is 9.86. The van der Waals surface area contributed by atoms with Crippen molar-refractivity contribution in [2.75, 3.05) is 7.11 Å². The molecule has 1 heterocycles. The average Bonchev–Trinajstić information content (AvgIpc) is 2.47. The summed E-state index contributed by atoms with van der Waals surface area (Å²) in [4.78, 5) is 4.83. The van der Waals surface area contributed by atoms with Crippen molar-refractivity contribution in [2.45, 2.75) is 38.0 Å². The van der Waals surface area contributed by atoms with Crippen LogP contribution in [0.1, 0.15) is 43.7 Å². The molecule has 1 aromatic carbocycles. The molecule has 3 rings (SSSR count). The summed E-state index contributed by atoms with van der Waals surface area (Å²) < 4.78 is 5.52. The lowest BCUT2D eigenvalue weighted by Crippen LogP contribution is -2.07. The van der Waals surface area contributed by atoms with Crippen molar-refractivity contribution < 1.29 is 4.74 Å². The molecule has 0 amide bonds. The second-order valence-corrected chi connectivity index (χ2v) is 5.10. The molecule has 0 atom stereocenters. The molecule has 0 bridgehead atoms. The second-order valence-electron chi connectivity index (χ2n) is 5.10. The van der Waals surface area contributed by atoms with Gasteiger partial charge in [0, 0.05) is 23.1 Å². The van der Waals surface area contributed by atoms with Crippen LogP contribution in [-0.2, 0) is 0 Å². The highest BCUT2D eigenvalue weighted by Crippen LogP contribution is 2.35. The first-order valence-corrected chi connectivity index (χ1v) is 6.82. The van der Waals surface area contributed by atoms with Gasteiger partial charge in [0.25, 0.3) is 0 Å². The zero-order valence-electron chi connectivity index (χ0n) is 10.9. The Morgan fingerprint density at radius 1 is 1.11 bits per heavy atom. The highest BCUT2D eigenvalue weighted by atomic mass is 16.5. The number of para-hydroxylation sites is 1. The second kappa shape index (κ2) is 4.97. The smallest absolute Gasteiger partial charge is 0.130 e. The molecular weight excluding hydrogens is 222 g/mol. The van der Waals surface area contributed by atoms with Crippen molar-refractivity contribution >= 4 is 10.9 Å². The first kappa shape index (κ1) is 11.5. The summed E-state index contributed by atoms with van der Waals surface area (Å²) in [7, 11) is 1.74. The molecule has 0 unspecified atom stereocenters. The van der Waals surface area contributed by atoms with Crippen LogP contribution in [0.2, 0.25) is 0 Å². The van der Waals surface area contributed by atoms with Crippen LogP contribution in [0.3, 0.4) is 0 Å². The van der Waals surface area contributed by atoms with E-state index in [4.69, 9.17) is 9.72 Å². The normalized spacial score (nSPS) is 16.9. The molecule has 0 radical (unpaired) electrons. The van der Waals surface area contributed by atoms with Gasteiger partial charge in [0.15, 0.2) is 0 Å². The Bertz CT molecular complexity index is 544. The molecule has 2 heteroatoms. The average molecular weight is 241 g/mol. The van der Waals surface area contributed by atoms with Crippen LogP contribution >= 0.6 is 0 Å². The number of hydrogen-bond donors (Lipinski definition) is 0. The summed E-state index contributed by atoms with van der Waals surface area (Å²) in [6.07, 6.45) is 6.59. The van der Waals surface area contributed by atoms with Crippen LogP contribution in [0.25, 0.3) is 10.9 Å². The first-order chi connectivity index (χ1) is 8.88. The van der Waals surface area contributed by atoms with Gasteiger partial charge in [-0.05, 0) is 25.0 Å². The predicted molar refractivity (Wildman–Crippen MR) is 74.1 cm³/mol. The van der Waals surface area contributed by atoms with Crippen LogP contribution < -0.4 is 4.74 Å². The third kappa shape index (κ3) is 2.07. The molecule has 18 heavy (non-hydrogen) atoms. The van der Waals surface area contributed by atoms with E-state index in [1.165, 1.54) is 37.8 Å². The van der Waals surface area contributed by atoms with E-state index in [0.717, 1.165) is 16.7 Å². The highest BCUT2D eigenvalue weighted by Gasteiger charge is 2.18. The minimum absolute atomic E-state index is 0.622. The number of hydrogen-bond acceptors (Lipinski definition) is 2. The largest absolute Gasteiger partial charge is 0.496 e. The molecule has 1 aromatic heterocycles. The summed E-state index contributed by atoms with van der Waals surface area (Å²) >= 11 is 0. The van der Waals surface area contributed by atoms with E-state index in [1.54, 1.807) is 7.11 Å². The first-order valence-electron chi connectivity index (χ1n) is 6.82. The minimum Gasteiger partial charge on any atom is -0.496 e. The van der Waals surface area contributed by atoms with Gasteiger partial charge in [-0.3, -0.25) is 4.98 Å². The van der Waals surface area contributed by atoms with Gasteiger partial charge in [-0.25, -0.2) is 0 Å². The van der Waals surface area contributed by atoms with Crippen molar-refractivity contribution in [1.82, 2.24) is 4.98 Å². The standard InChI is InChI=1S/C16H19NO/c1-18-16-11-15(12-7-3-2-4-8-12)17-14-10-6-5-9-13(14)16/h5-6,9-12H,2-4,7-8H2,1H3. The number of fused-ring (bicyclic) bond motifs is 1. The zero-order chi connectivity index (χ0) is 12.4. The Labute approximate surface area is 108 Å². The molecule has 0 spiro atoms. The topological polar surface area (TPSA) is 22.1 Å². The Morgan fingerprint density at radius 3 is 2.67 bits per heavy atom. The molecule has 1 aliphatic rings. The van der Waals surface area contributed by atoms with Gasteiger partial charge in [0.05, 0.1) is 12.6 Å². The molecular formula is C16H19NO. The van der Waals surface area contributed by atoms with Crippen LogP contribution in [0.15, 0.2) is 30.3 Å². The van der Waals surface area contributed by atoms with Gasteiger partial charge in [-0.15, -0.1) is 0 Å². The van der Waals surface area contributed by atoms with E-state index >= 15 is 0 Å². The Hall–Kier alpha value is -1.57. The SMILES string of the molecule is COc1cc(C2CCCCC2)nc2ccccc12. The molecule has 1 saturated carbocycles. The van der Waals surface area contributed by atoms with Gasteiger partial charge < -0.3 is 4.74 Å². The van der Waals surface area contributed by atoms with Gasteiger partial charge in [0.1, 0.15) is 5.75 Å². The number of pyridine rings is 1. The molecule has 0 saturated heterocycles. The maximum Gasteiger partial charge on any atom is 0.130 e. The van der Waals surface area contributed by atoms with Crippen molar-refractivity contribution in [2.24, 2.45) is 0 Å². The fourth-order valence-corrected chi connectivity index (χ4v) is 2.94. The van der Waals surface area contributed by atoms with E-state index in [1.807, 2.05) is 12.1 Å². The highest BCUT2D eigenvalue weighted by molar-refractivity contribution is 5.85. The number of rotatable bonds is 2. The Balaban J connectivity index is 2.07. The van der Waals surface area contributed by atoms with E-state index in [9.17, 15) is 0 Å². The Kier molecular flexibility index (Phi) is 3.18. The predicted octanol–water partition coefficient (Wildman–Crippen LogP) is 4.29. The van der Waals surface area contributed by atoms with Gasteiger partial charge in [-0.1, -0.05) is 31.4 Å². The molecule has 2 nitrogen and oxygen atoms in total. The number of ether oxygens (including phenoxy) is 1. The van der Waals surface area contributed by atoms with Crippen molar-refractivity contribution in [3.8, 4) is 5.75 Å². The van der Waals surface area contributed by atoms with Crippen LogP contribution in [0.4, 0.5) is 0 Å². The maximum atomic E-state index is 5.52. The van der Waals surface area contributed by atoms with Crippen LogP contribution in [-0.4, -0.2) is 12.1 Å². The summed E-state index contributed by atoms with van der Waals surface area (Å²) in [5.74, 6) is 1.58. The summed E-state index contributed by atoms with van der Waals surface area (Å²) in [5, 5.41) is 1.11. The van der Waals surface area contributed by atoms with Crippen molar-refractivity contribution in [3.05, 3.63) is 36.0 Å². The van der Waals surface area contributed by atoms with E-state index < -0.39 is 0 Å². The lowest BCUT2D eigenvalue weighted by molar-refractivity contribution is 0.412. The maximum absolute atomic E-state index is 5.52. The summed E-state index contributed by atoms with van der Waals surface area (Å²) in [5.41, 5.74) is 2.27. The monoisotopic (exact) mass is 241 g/mol. The van der Waals surface area contributed by atoms with E-state index in [-0.39, 0.29) is 0 Å². The van der Waals surface area contributed by atoms with Crippen LogP contribution in [0.5, 0.6) is 5.75 Å². The van der Waals surface area contributed by atoms with Crippen molar-refractivity contribution in [1.29, 1.82) is 0 Å². The number of nitrogens with zero attached hydrogens (tertiary/aromatic N) is 1. The molecule has 2 aromatic rings. The number of aromatic nitrogens is 1. The molecule has 94 valence electrons. The number of methoxy groups -OCH3 is 1. The minimum atomic E-state index is 0.622. The summed E-state index contributed by atoms with van der Waals surface area (Å²) in [6.45, 7) is 0. The Morgan fingerprint density at radius 2 is 1.89 bits per heavy atom. The van der Waals surface area contributed by atoms with Gasteiger partial charge >= 0.3 is 0 Å². The number of benzene rings is 1. The van der Waals surface area contributed by atoms with E-state index in [2.05, 4.69) is 18.2 Å². The molecule has 0 aliphatic heterocycles. The van der Waals surface area contributed by atoms with E-state index in [0.29, 0.717) is 5.92 Å². The van der Waals surface area contributed by atoms with Crippen LogP contribution in [0, 0.1) is 0 Å². The van der Waals surface area contributed by atoms with Gasteiger partial charge in [-0.2, -0.15) is 0 Å². The molecule has 0 N–H and O–H groups in total. The fraction of sp³-hybridized carbons (Fsp3) is 0.438. The third-order valence-corrected chi connectivity index (χ3v) is 3.94. The molecule has 1 fully saturated rings. The quantitative estimate of drug-likeness (QED) is 0.782. The summed E-state index contributed by atoms with van der Waals surface area (Å²) in [6, 6.07) is 10.4.